The van der Waals surface area contributed by atoms with Gasteiger partial charge in [0.2, 0.25) is 16.6 Å². The van der Waals surface area contributed by atoms with E-state index in [1.807, 2.05) is 12.1 Å². The number of ketones is 1. The Balaban J connectivity index is 2.02. The van der Waals surface area contributed by atoms with Crippen LogP contribution in [-0.2, 0) is 27.3 Å². The monoisotopic (exact) mass is 311 g/mol. The molecule has 1 aliphatic carbocycles. The lowest BCUT2D eigenvalue weighted by Gasteiger charge is -2.07. The van der Waals surface area contributed by atoms with Crippen LogP contribution in [0.1, 0.15) is 11.1 Å². The number of hydrogen-bond acceptors (Lipinski definition) is 5. The van der Waals surface area contributed by atoms with Crippen LogP contribution >= 0.6 is 23.4 Å². The first-order valence-electron chi connectivity index (χ1n) is 6.13. The third-order valence-corrected chi connectivity index (χ3v) is 4.37. The number of alkyl halides is 1. The Morgan fingerprint density at radius 2 is 1.95 bits per heavy atom. The van der Waals surface area contributed by atoms with Crippen molar-refractivity contribution in [3.8, 4) is 0 Å². The first-order chi connectivity index (χ1) is 9.65. The van der Waals surface area contributed by atoms with Crippen LogP contribution in [-0.4, -0.2) is 34.8 Å². The van der Waals surface area contributed by atoms with Crippen molar-refractivity contribution in [1.29, 1.82) is 0 Å². The average Bonchev–Trinajstić information content (AvgIpc) is 2.85. The van der Waals surface area contributed by atoms with Crippen LogP contribution in [0.15, 0.2) is 29.4 Å². The minimum absolute atomic E-state index is 0.130. The minimum atomic E-state index is -0.512. The van der Waals surface area contributed by atoms with Gasteiger partial charge in [-0.25, -0.2) is 0 Å². The van der Waals surface area contributed by atoms with Gasteiger partial charge in [0.1, 0.15) is 7.11 Å². The fourth-order valence-electron chi connectivity index (χ4n) is 2.17. The number of oxime groups is 1. The number of fused-ring (bicyclic) bond motifs is 1. The largest absolute Gasteiger partial charge is 0.398 e. The second kappa shape index (κ2) is 6.90. The molecule has 4 nitrogen and oxygen atoms in total. The standard InChI is InChI=1S/C14H14ClNO3S/c1-19-16-13(12(17)8-15)14(18)20-11-6-9-4-2-3-5-10(9)7-11/h2-5,11H,6-8H2,1H3. The molecule has 0 N–H and O–H groups in total. The van der Waals surface area contributed by atoms with E-state index in [1.54, 1.807) is 0 Å². The number of carbonyl (C=O) groups is 2. The second-order valence-electron chi connectivity index (χ2n) is 4.38. The Hall–Kier alpha value is -1.33. The molecule has 0 atom stereocenters. The molecular weight excluding hydrogens is 298 g/mol. The molecule has 0 saturated carbocycles. The van der Waals surface area contributed by atoms with Crippen molar-refractivity contribution >= 4 is 40.0 Å². The van der Waals surface area contributed by atoms with Crippen LogP contribution in [0.4, 0.5) is 0 Å². The highest BCUT2D eigenvalue weighted by Crippen LogP contribution is 2.30. The predicted molar refractivity (Wildman–Crippen MR) is 80.4 cm³/mol. The summed E-state index contributed by atoms with van der Waals surface area (Å²) in [5.74, 6) is -0.791. The molecule has 0 unspecified atom stereocenters. The molecule has 106 valence electrons. The summed E-state index contributed by atoms with van der Waals surface area (Å²) < 4.78 is 0. The van der Waals surface area contributed by atoms with Crippen molar-refractivity contribution in [3.63, 3.8) is 0 Å². The summed E-state index contributed by atoms with van der Waals surface area (Å²) in [6.45, 7) is 0. The van der Waals surface area contributed by atoms with E-state index < -0.39 is 5.78 Å². The Kier molecular flexibility index (Phi) is 5.20. The summed E-state index contributed by atoms with van der Waals surface area (Å²) in [5, 5.41) is 3.25. The maximum Gasteiger partial charge on any atom is 0.245 e. The average molecular weight is 312 g/mol. The van der Waals surface area contributed by atoms with Gasteiger partial charge in [0.25, 0.3) is 0 Å². The molecule has 0 radical (unpaired) electrons. The number of carbonyl (C=O) groups excluding carboxylic acids is 2. The van der Waals surface area contributed by atoms with Crippen LogP contribution in [0.5, 0.6) is 0 Å². The van der Waals surface area contributed by atoms with E-state index in [0.29, 0.717) is 0 Å². The number of benzene rings is 1. The molecule has 0 spiro atoms. The molecule has 0 amide bonds. The highest BCUT2D eigenvalue weighted by atomic mass is 35.5. The van der Waals surface area contributed by atoms with Crippen molar-refractivity contribution in [1.82, 2.24) is 0 Å². The maximum atomic E-state index is 12.1. The van der Waals surface area contributed by atoms with Gasteiger partial charge >= 0.3 is 0 Å². The minimum Gasteiger partial charge on any atom is -0.398 e. The maximum absolute atomic E-state index is 12.1. The van der Waals surface area contributed by atoms with Crippen molar-refractivity contribution in [2.24, 2.45) is 5.16 Å². The van der Waals surface area contributed by atoms with Crippen molar-refractivity contribution in [2.75, 3.05) is 13.0 Å². The van der Waals surface area contributed by atoms with Gasteiger partial charge in [-0.3, -0.25) is 9.59 Å². The molecule has 0 heterocycles. The number of Topliss-reactive ketones (excluding diaryl/α,β-unsaturated/α-hetero) is 1. The molecule has 0 aromatic heterocycles. The molecular formula is C14H14ClNO3S. The zero-order valence-corrected chi connectivity index (χ0v) is 12.5. The van der Waals surface area contributed by atoms with Gasteiger partial charge in [-0.05, 0) is 24.0 Å². The van der Waals surface area contributed by atoms with Crippen LogP contribution < -0.4 is 0 Å². The summed E-state index contributed by atoms with van der Waals surface area (Å²) in [7, 11) is 1.30. The molecule has 20 heavy (non-hydrogen) atoms. The lowest BCUT2D eigenvalue weighted by atomic mass is 10.1. The lowest BCUT2D eigenvalue weighted by Crippen LogP contribution is -2.25. The number of hydrogen-bond donors (Lipinski definition) is 0. The zero-order valence-electron chi connectivity index (χ0n) is 11.0. The van der Waals surface area contributed by atoms with Crippen molar-refractivity contribution in [3.05, 3.63) is 35.4 Å². The quantitative estimate of drug-likeness (QED) is 0.362. The highest BCUT2D eigenvalue weighted by Gasteiger charge is 2.28. The molecule has 0 saturated heterocycles. The topological polar surface area (TPSA) is 55.7 Å². The molecule has 2 rings (SSSR count). The lowest BCUT2D eigenvalue weighted by molar-refractivity contribution is -0.112. The zero-order chi connectivity index (χ0) is 14.5. The van der Waals surface area contributed by atoms with Crippen LogP contribution in [0, 0.1) is 0 Å². The molecule has 1 aliphatic rings. The smallest absolute Gasteiger partial charge is 0.245 e. The predicted octanol–water partition coefficient (Wildman–Crippen LogP) is 2.22. The van der Waals surface area contributed by atoms with Crippen LogP contribution in [0.2, 0.25) is 0 Å². The van der Waals surface area contributed by atoms with Crippen molar-refractivity contribution < 1.29 is 14.4 Å². The van der Waals surface area contributed by atoms with Gasteiger partial charge in [-0.15, -0.1) is 11.6 Å². The summed E-state index contributed by atoms with van der Waals surface area (Å²) in [6, 6.07) is 8.11. The van der Waals surface area contributed by atoms with Crippen molar-refractivity contribution in [2.45, 2.75) is 18.1 Å². The SMILES string of the molecule is CON=C(C(=O)CCl)C(=O)SC1Cc2ccccc2C1. The van der Waals surface area contributed by atoms with E-state index >= 15 is 0 Å². The van der Waals surface area contributed by atoms with E-state index in [-0.39, 0.29) is 22.0 Å². The second-order valence-corrected chi connectivity index (χ2v) is 5.92. The van der Waals surface area contributed by atoms with Gasteiger partial charge in [-0.2, -0.15) is 0 Å². The number of thioether (sulfide) groups is 1. The highest BCUT2D eigenvalue weighted by molar-refractivity contribution is 8.16. The first-order valence-corrected chi connectivity index (χ1v) is 7.55. The van der Waals surface area contributed by atoms with Gasteiger partial charge in [-0.1, -0.05) is 41.2 Å². The van der Waals surface area contributed by atoms with Gasteiger partial charge in [0.05, 0.1) is 5.88 Å². The van der Waals surface area contributed by atoms with Gasteiger partial charge in [0.15, 0.2) is 0 Å². The summed E-state index contributed by atoms with van der Waals surface area (Å²) >= 11 is 6.60. The van der Waals surface area contributed by atoms with Gasteiger partial charge in [0, 0.05) is 5.25 Å². The van der Waals surface area contributed by atoms with Crippen LogP contribution in [0.25, 0.3) is 0 Å². The van der Waals surface area contributed by atoms with E-state index in [4.69, 9.17) is 11.6 Å². The molecule has 1 aromatic carbocycles. The fourth-order valence-corrected chi connectivity index (χ4v) is 3.38. The summed E-state index contributed by atoms with van der Waals surface area (Å²) in [6.07, 6.45) is 1.64. The van der Waals surface area contributed by atoms with Gasteiger partial charge < -0.3 is 4.84 Å². The summed E-state index contributed by atoms with van der Waals surface area (Å²) in [4.78, 5) is 28.2. The number of halogens is 1. The fraction of sp³-hybridized carbons (Fsp3) is 0.357. The third-order valence-electron chi connectivity index (χ3n) is 3.05. The molecule has 0 fully saturated rings. The van der Waals surface area contributed by atoms with E-state index in [0.717, 1.165) is 24.6 Å². The number of nitrogens with zero attached hydrogens (tertiary/aromatic N) is 1. The first kappa shape index (κ1) is 15.1. The molecule has 6 heteroatoms. The molecule has 1 aromatic rings. The third kappa shape index (κ3) is 3.41. The van der Waals surface area contributed by atoms with E-state index in [1.165, 1.54) is 18.2 Å². The Morgan fingerprint density at radius 3 is 2.45 bits per heavy atom. The Labute approximate surface area is 126 Å². The van der Waals surface area contributed by atoms with Crippen LogP contribution in [0.3, 0.4) is 0 Å². The molecule has 0 bridgehead atoms. The Morgan fingerprint density at radius 1 is 1.35 bits per heavy atom. The van der Waals surface area contributed by atoms with E-state index in [2.05, 4.69) is 22.1 Å². The number of rotatable bonds is 5. The van der Waals surface area contributed by atoms with E-state index in [9.17, 15) is 9.59 Å². The summed E-state index contributed by atoms with van der Waals surface area (Å²) in [5.41, 5.74) is 2.29. The molecule has 0 aliphatic heterocycles. The Bertz CT molecular complexity index is 534. The normalized spacial score (nSPS) is 15.0.